The van der Waals surface area contributed by atoms with Gasteiger partial charge in [0.1, 0.15) is 11.6 Å². The Morgan fingerprint density at radius 1 is 1.05 bits per heavy atom. The van der Waals surface area contributed by atoms with Crippen molar-refractivity contribution in [3.63, 3.8) is 0 Å². The van der Waals surface area contributed by atoms with Gasteiger partial charge in [0.25, 0.3) is 0 Å². The van der Waals surface area contributed by atoms with Crippen LogP contribution in [0.4, 0.5) is 0 Å². The summed E-state index contributed by atoms with van der Waals surface area (Å²) in [6.07, 6.45) is 5.68. The number of nitrogens with zero attached hydrogens (tertiary/aromatic N) is 4. The van der Waals surface area contributed by atoms with E-state index in [1.807, 2.05) is 12.1 Å². The maximum atomic E-state index is 5.87. The predicted molar refractivity (Wildman–Crippen MR) is 73.1 cm³/mol. The van der Waals surface area contributed by atoms with E-state index in [1.54, 1.807) is 18.6 Å². The average Bonchev–Trinajstić information content (AvgIpc) is 2.54. The molecule has 5 nitrogen and oxygen atoms in total. The number of fused-ring (bicyclic) bond motifs is 2. The molecule has 20 heavy (non-hydrogen) atoms. The molecule has 1 aromatic carbocycles. The minimum atomic E-state index is -0.216. The molecule has 3 aromatic rings. The highest BCUT2D eigenvalue weighted by Crippen LogP contribution is 2.30. The second-order valence-corrected chi connectivity index (χ2v) is 4.69. The van der Waals surface area contributed by atoms with Gasteiger partial charge in [0.05, 0.1) is 12.8 Å². The highest BCUT2D eigenvalue weighted by atomic mass is 16.5. The summed E-state index contributed by atoms with van der Waals surface area (Å²) in [6, 6.07) is 8.27. The first-order valence-corrected chi connectivity index (χ1v) is 6.55. The molecule has 1 atom stereocenters. The second kappa shape index (κ2) is 4.61. The van der Waals surface area contributed by atoms with Crippen molar-refractivity contribution in [1.29, 1.82) is 0 Å². The SMILES string of the molecule is c1ccc2c(c1)CCOC2c1ncc2nccnc2n1. The molecule has 98 valence electrons. The third-order valence-corrected chi connectivity index (χ3v) is 3.47. The van der Waals surface area contributed by atoms with Crippen molar-refractivity contribution < 1.29 is 4.74 Å². The minimum Gasteiger partial charge on any atom is -0.365 e. The van der Waals surface area contributed by atoms with E-state index in [1.165, 1.54) is 5.56 Å². The van der Waals surface area contributed by atoms with Crippen molar-refractivity contribution in [2.24, 2.45) is 0 Å². The van der Waals surface area contributed by atoms with Crippen LogP contribution >= 0.6 is 0 Å². The van der Waals surface area contributed by atoms with Crippen molar-refractivity contribution in [3.05, 3.63) is 59.8 Å². The molecule has 0 N–H and O–H groups in total. The molecule has 0 spiro atoms. The molecule has 0 bridgehead atoms. The molecule has 1 unspecified atom stereocenters. The summed E-state index contributed by atoms with van der Waals surface area (Å²) in [4.78, 5) is 17.3. The van der Waals surface area contributed by atoms with E-state index in [4.69, 9.17) is 4.74 Å². The lowest BCUT2D eigenvalue weighted by molar-refractivity contribution is 0.0642. The molecule has 1 aliphatic rings. The van der Waals surface area contributed by atoms with Crippen LogP contribution < -0.4 is 0 Å². The predicted octanol–water partition coefficient (Wildman–Crippen LogP) is 2.08. The van der Waals surface area contributed by atoms with Crippen LogP contribution in [0, 0.1) is 0 Å². The molecule has 0 fully saturated rings. The van der Waals surface area contributed by atoms with Gasteiger partial charge >= 0.3 is 0 Å². The number of benzene rings is 1. The molecular weight excluding hydrogens is 252 g/mol. The average molecular weight is 264 g/mol. The first-order chi connectivity index (χ1) is 9.92. The first kappa shape index (κ1) is 11.4. The topological polar surface area (TPSA) is 60.8 Å². The number of rotatable bonds is 1. The Hall–Kier alpha value is -2.40. The standard InChI is InChI=1S/C15H12N4O/c1-2-4-11-10(3-1)5-8-20-13(11)15-18-9-12-14(19-15)17-7-6-16-12/h1-4,6-7,9,13H,5,8H2. The normalized spacial score (nSPS) is 17.9. The Balaban J connectivity index is 1.84. The summed E-state index contributed by atoms with van der Waals surface area (Å²) in [5, 5.41) is 0. The summed E-state index contributed by atoms with van der Waals surface area (Å²) >= 11 is 0. The molecule has 3 heterocycles. The van der Waals surface area contributed by atoms with Gasteiger partial charge in [0.2, 0.25) is 0 Å². The number of ether oxygens (including phenoxy) is 1. The Bertz CT molecular complexity index is 774. The molecule has 0 saturated heterocycles. The first-order valence-electron chi connectivity index (χ1n) is 6.55. The summed E-state index contributed by atoms with van der Waals surface area (Å²) in [5.74, 6) is 0.644. The molecule has 0 radical (unpaired) electrons. The van der Waals surface area contributed by atoms with Gasteiger partial charge in [-0.25, -0.2) is 19.9 Å². The lowest BCUT2D eigenvalue weighted by Gasteiger charge is -2.24. The van der Waals surface area contributed by atoms with Gasteiger partial charge in [-0.2, -0.15) is 0 Å². The van der Waals surface area contributed by atoms with Crippen molar-refractivity contribution in [1.82, 2.24) is 19.9 Å². The summed E-state index contributed by atoms with van der Waals surface area (Å²) in [6.45, 7) is 0.684. The van der Waals surface area contributed by atoms with E-state index in [2.05, 4.69) is 32.1 Å². The number of hydrogen-bond donors (Lipinski definition) is 0. The zero-order chi connectivity index (χ0) is 13.4. The maximum Gasteiger partial charge on any atom is 0.181 e. The fourth-order valence-corrected chi connectivity index (χ4v) is 2.52. The van der Waals surface area contributed by atoms with Gasteiger partial charge in [-0.15, -0.1) is 0 Å². The molecular formula is C15H12N4O. The highest BCUT2D eigenvalue weighted by molar-refractivity contribution is 5.67. The molecule has 1 aliphatic heterocycles. The second-order valence-electron chi connectivity index (χ2n) is 4.69. The van der Waals surface area contributed by atoms with Gasteiger partial charge in [0.15, 0.2) is 11.5 Å². The molecule has 0 aliphatic carbocycles. The molecule has 5 heteroatoms. The zero-order valence-electron chi connectivity index (χ0n) is 10.7. The fourth-order valence-electron chi connectivity index (χ4n) is 2.52. The van der Waals surface area contributed by atoms with Gasteiger partial charge in [-0.1, -0.05) is 24.3 Å². The minimum absolute atomic E-state index is 0.216. The van der Waals surface area contributed by atoms with Crippen LogP contribution in [0.25, 0.3) is 11.2 Å². The lowest BCUT2D eigenvalue weighted by Crippen LogP contribution is -2.19. The van der Waals surface area contributed by atoms with Crippen molar-refractivity contribution in [2.75, 3.05) is 6.61 Å². The highest BCUT2D eigenvalue weighted by Gasteiger charge is 2.24. The quantitative estimate of drug-likeness (QED) is 0.673. The van der Waals surface area contributed by atoms with Crippen molar-refractivity contribution >= 4 is 11.2 Å². The van der Waals surface area contributed by atoms with Crippen LogP contribution in [0.2, 0.25) is 0 Å². The van der Waals surface area contributed by atoms with Crippen LogP contribution in [0.5, 0.6) is 0 Å². The van der Waals surface area contributed by atoms with E-state index in [0.717, 1.165) is 12.0 Å². The van der Waals surface area contributed by atoms with Crippen molar-refractivity contribution in [2.45, 2.75) is 12.5 Å². The number of aromatic nitrogens is 4. The third kappa shape index (κ3) is 1.83. The largest absolute Gasteiger partial charge is 0.365 e. The zero-order valence-corrected chi connectivity index (χ0v) is 10.7. The van der Waals surface area contributed by atoms with Crippen LogP contribution in [0.1, 0.15) is 23.1 Å². The number of hydrogen-bond acceptors (Lipinski definition) is 5. The van der Waals surface area contributed by atoms with Crippen LogP contribution in [-0.2, 0) is 11.2 Å². The summed E-state index contributed by atoms with van der Waals surface area (Å²) in [5.41, 5.74) is 3.73. The molecule has 0 amide bonds. The third-order valence-electron chi connectivity index (χ3n) is 3.47. The van der Waals surface area contributed by atoms with E-state index in [-0.39, 0.29) is 6.10 Å². The van der Waals surface area contributed by atoms with E-state index in [0.29, 0.717) is 23.6 Å². The Morgan fingerprint density at radius 3 is 2.95 bits per heavy atom. The van der Waals surface area contributed by atoms with Gasteiger partial charge in [-0.05, 0) is 17.5 Å². The van der Waals surface area contributed by atoms with Gasteiger partial charge in [0, 0.05) is 12.4 Å². The Morgan fingerprint density at radius 2 is 1.95 bits per heavy atom. The monoisotopic (exact) mass is 264 g/mol. The van der Waals surface area contributed by atoms with Crippen molar-refractivity contribution in [3.8, 4) is 0 Å². The molecule has 0 saturated carbocycles. The van der Waals surface area contributed by atoms with Crippen LogP contribution in [-0.4, -0.2) is 26.5 Å². The van der Waals surface area contributed by atoms with E-state index in [9.17, 15) is 0 Å². The molecule has 4 rings (SSSR count). The van der Waals surface area contributed by atoms with Crippen LogP contribution in [0.15, 0.2) is 42.9 Å². The summed E-state index contributed by atoms with van der Waals surface area (Å²) in [7, 11) is 0. The van der Waals surface area contributed by atoms with Crippen LogP contribution in [0.3, 0.4) is 0 Å². The summed E-state index contributed by atoms with van der Waals surface area (Å²) < 4.78 is 5.87. The smallest absolute Gasteiger partial charge is 0.181 e. The van der Waals surface area contributed by atoms with E-state index >= 15 is 0 Å². The maximum absolute atomic E-state index is 5.87. The van der Waals surface area contributed by atoms with E-state index < -0.39 is 0 Å². The Kier molecular flexibility index (Phi) is 2.63. The lowest BCUT2D eigenvalue weighted by atomic mass is 9.97. The molecule has 2 aromatic heterocycles. The fraction of sp³-hybridized carbons (Fsp3) is 0.200. The van der Waals surface area contributed by atoms with Gasteiger partial charge in [-0.3, -0.25) is 0 Å². The van der Waals surface area contributed by atoms with Gasteiger partial charge < -0.3 is 4.74 Å². The Labute approximate surface area is 115 Å².